The van der Waals surface area contributed by atoms with Crippen LogP contribution in [0.25, 0.3) is 0 Å². The molecule has 2 rings (SSSR count). The van der Waals surface area contributed by atoms with Crippen LogP contribution >= 0.6 is 0 Å². The highest BCUT2D eigenvalue weighted by molar-refractivity contribution is 5.31. The quantitative estimate of drug-likeness (QED) is 0.642. The molecule has 0 aliphatic carbocycles. The summed E-state index contributed by atoms with van der Waals surface area (Å²) in [6.45, 7) is 4.36. The number of benzene rings is 2. The van der Waals surface area contributed by atoms with Gasteiger partial charge >= 0.3 is 0 Å². The van der Waals surface area contributed by atoms with Crippen LogP contribution in [0, 0.1) is 0 Å². The van der Waals surface area contributed by atoms with Crippen LogP contribution in [-0.4, -0.2) is 45.2 Å². The Balaban J connectivity index is 1.60. The zero-order valence-electron chi connectivity index (χ0n) is 14.7. The smallest absolute Gasteiger partial charge is 0.120 e. The number of likely N-dealkylation sites (N-methyl/N-ethyl adjacent to an activating group) is 1. The molecule has 0 amide bonds. The van der Waals surface area contributed by atoms with Crippen LogP contribution in [-0.2, 0) is 6.61 Å². The second-order valence-corrected chi connectivity index (χ2v) is 6.00. The first-order valence-corrected chi connectivity index (χ1v) is 8.49. The third kappa shape index (κ3) is 7.49. The van der Waals surface area contributed by atoms with E-state index in [0.717, 1.165) is 44.2 Å². The topological polar surface area (TPSA) is 33.7 Å². The molecule has 0 aromatic heterocycles. The molecule has 0 bridgehead atoms. The van der Waals surface area contributed by atoms with Gasteiger partial charge in [0.2, 0.25) is 0 Å². The first kappa shape index (κ1) is 18.3. The molecule has 0 aliphatic rings. The van der Waals surface area contributed by atoms with Crippen molar-refractivity contribution < 1.29 is 9.47 Å². The summed E-state index contributed by atoms with van der Waals surface area (Å²) in [6, 6.07) is 18.0. The summed E-state index contributed by atoms with van der Waals surface area (Å²) >= 11 is 0. The zero-order valence-corrected chi connectivity index (χ0v) is 14.7. The van der Waals surface area contributed by atoms with Crippen LogP contribution < -0.4 is 14.8 Å². The summed E-state index contributed by atoms with van der Waals surface area (Å²) in [5, 5.41) is 3.40. The molecule has 130 valence electrons. The van der Waals surface area contributed by atoms with E-state index in [9.17, 15) is 0 Å². The van der Waals surface area contributed by atoms with E-state index < -0.39 is 0 Å². The van der Waals surface area contributed by atoms with Crippen molar-refractivity contribution in [3.63, 3.8) is 0 Å². The van der Waals surface area contributed by atoms with Crippen molar-refractivity contribution in [2.75, 3.05) is 40.3 Å². The molecule has 4 heteroatoms. The first-order chi connectivity index (χ1) is 11.7. The minimum atomic E-state index is 0.583. The Labute approximate surface area is 145 Å². The lowest BCUT2D eigenvalue weighted by molar-refractivity contribution is 0.297. The molecule has 0 atom stereocenters. The number of ether oxygens (including phenoxy) is 2. The molecule has 0 saturated heterocycles. The van der Waals surface area contributed by atoms with Gasteiger partial charge in [-0.2, -0.15) is 0 Å². The van der Waals surface area contributed by atoms with Gasteiger partial charge < -0.3 is 19.7 Å². The molecule has 0 aliphatic heterocycles. The molecular weight excluding hydrogens is 300 g/mol. The monoisotopic (exact) mass is 328 g/mol. The van der Waals surface area contributed by atoms with Crippen LogP contribution in [0.4, 0.5) is 0 Å². The Bertz CT molecular complexity index is 556. The lowest BCUT2D eigenvalue weighted by Crippen LogP contribution is -2.27. The fourth-order valence-electron chi connectivity index (χ4n) is 2.19. The standard InChI is InChI=1S/C20H28N2O2/c1-22(2)15-14-21-13-6-16-23-19-9-11-20(12-10-19)24-17-18-7-4-3-5-8-18/h3-5,7-12,21H,6,13-17H2,1-2H3. The fourth-order valence-corrected chi connectivity index (χ4v) is 2.19. The van der Waals surface area contributed by atoms with Crippen LogP contribution in [0.2, 0.25) is 0 Å². The fraction of sp³-hybridized carbons (Fsp3) is 0.400. The van der Waals surface area contributed by atoms with E-state index in [0.29, 0.717) is 6.61 Å². The minimum Gasteiger partial charge on any atom is -0.494 e. The van der Waals surface area contributed by atoms with Crippen molar-refractivity contribution in [3.8, 4) is 11.5 Å². The zero-order chi connectivity index (χ0) is 17.0. The third-order valence-electron chi connectivity index (χ3n) is 3.57. The van der Waals surface area contributed by atoms with Gasteiger partial charge in [0.25, 0.3) is 0 Å². The molecular formula is C20H28N2O2. The summed E-state index contributed by atoms with van der Waals surface area (Å²) in [4.78, 5) is 2.17. The summed E-state index contributed by atoms with van der Waals surface area (Å²) in [5.74, 6) is 1.74. The van der Waals surface area contributed by atoms with Gasteiger partial charge in [-0.1, -0.05) is 30.3 Å². The van der Waals surface area contributed by atoms with E-state index in [1.54, 1.807) is 0 Å². The number of nitrogens with zero attached hydrogens (tertiary/aromatic N) is 1. The predicted octanol–water partition coefficient (Wildman–Crippen LogP) is 3.19. The van der Waals surface area contributed by atoms with Crippen molar-refractivity contribution >= 4 is 0 Å². The van der Waals surface area contributed by atoms with Crippen molar-refractivity contribution in [1.29, 1.82) is 0 Å². The van der Waals surface area contributed by atoms with E-state index in [1.165, 1.54) is 5.56 Å². The molecule has 0 radical (unpaired) electrons. The SMILES string of the molecule is CN(C)CCNCCCOc1ccc(OCc2ccccc2)cc1. The van der Waals surface area contributed by atoms with Crippen LogP contribution in [0.3, 0.4) is 0 Å². The van der Waals surface area contributed by atoms with E-state index in [-0.39, 0.29) is 0 Å². The van der Waals surface area contributed by atoms with Crippen molar-refractivity contribution in [2.45, 2.75) is 13.0 Å². The third-order valence-corrected chi connectivity index (χ3v) is 3.57. The van der Waals surface area contributed by atoms with Crippen LogP contribution in [0.15, 0.2) is 54.6 Å². The Morgan fingerprint density at radius 2 is 1.50 bits per heavy atom. The molecule has 24 heavy (non-hydrogen) atoms. The molecule has 0 fully saturated rings. The largest absolute Gasteiger partial charge is 0.494 e. The summed E-state index contributed by atoms with van der Waals surface area (Å²) in [7, 11) is 4.16. The predicted molar refractivity (Wildman–Crippen MR) is 98.8 cm³/mol. The van der Waals surface area contributed by atoms with E-state index in [1.807, 2.05) is 42.5 Å². The number of hydrogen-bond donors (Lipinski definition) is 1. The number of hydrogen-bond acceptors (Lipinski definition) is 4. The Kier molecular flexibility index (Phi) is 8.15. The Hall–Kier alpha value is -2.04. The second-order valence-electron chi connectivity index (χ2n) is 6.00. The van der Waals surface area contributed by atoms with Gasteiger partial charge in [0.1, 0.15) is 18.1 Å². The first-order valence-electron chi connectivity index (χ1n) is 8.49. The molecule has 1 N–H and O–H groups in total. The Morgan fingerprint density at radius 3 is 2.17 bits per heavy atom. The molecule has 0 saturated carbocycles. The average molecular weight is 328 g/mol. The highest BCUT2D eigenvalue weighted by atomic mass is 16.5. The maximum Gasteiger partial charge on any atom is 0.120 e. The molecule has 0 unspecified atom stereocenters. The lowest BCUT2D eigenvalue weighted by Gasteiger charge is -2.11. The van der Waals surface area contributed by atoms with Crippen LogP contribution in [0.5, 0.6) is 11.5 Å². The van der Waals surface area contributed by atoms with E-state index in [2.05, 4.69) is 36.4 Å². The van der Waals surface area contributed by atoms with E-state index >= 15 is 0 Å². The van der Waals surface area contributed by atoms with E-state index in [4.69, 9.17) is 9.47 Å². The molecule has 4 nitrogen and oxygen atoms in total. The molecule has 2 aromatic rings. The van der Waals surface area contributed by atoms with Crippen molar-refractivity contribution in [2.24, 2.45) is 0 Å². The van der Waals surface area contributed by atoms with Gasteiger partial charge in [-0.15, -0.1) is 0 Å². The number of rotatable bonds is 11. The Morgan fingerprint density at radius 1 is 0.833 bits per heavy atom. The minimum absolute atomic E-state index is 0.583. The van der Waals surface area contributed by atoms with Gasteiger partial charge in [0, 0.05) is 13.1 Å². The highest BCUT2D eigenvalue weighted by Gasteiger charge is 1.98. The molecule has 0 heterocycles. The number of nitrogens with one attached hydrogen (secondary N) is 1. The van der Waals surface area contributed by atoms with Crippen LogP contribution in [0.1, 0.15) is 12.0 Å². The maximum absolute atomic E-state index is 5.77. The maximum atomic E-state index is 5.77. The van der Waals surface area contributed by atoms with Gasteiger partial charge in [0.05, 0.1) is 6.61 Å². The second kappa shape index (κ2) is 10.7. The summed E-state index contributed by atoms with van der Waals surface area (Å²) < 4.78 is 11.5. The normalized spacial score (nSPS) is 10.8. The molecule has 0 spiro atoms. The lowest BCUT2D eigenvalue weighted by atomic mass is 10.2. The highest BCUT2D eigenvalue weighted by Crippen LogP contribution is 2.18. The average Bonchev–Trinajstić information content (AvgIpc) is 2.61. The van der Waals surface area contributed by atoms with Crippen molar-refractivity contribution in [3.05, 3.63) is 60.2 Å². The van der Waals surface area contributed by atoms with Gasteiger partial charge in [-0.25, -0.2) is 0 Å². The van der Waals surface area contributed by atoms with Gasteiger partial charge in [-0.05, 0) is 56.9 Å². The summed E-state index contributed by atoms with van der Waals surface area (Å²) in [5.41, 5.74) is 1.17. The van der Waals surface area contributed by atoms with Gasteiger partial charge in [0.15, 0.2) is 0 Å². The molecule has 2 aromatic carbocycles. The van der Waals surface area contributed by atoms with Gasteiger partial charge in [-0.3, -0.25) is 0 Å². The van der Waals surface area contributed by atoms with Crippen molar-refractivity contribution in [1.82, 2.24) is 10.2 Å². The summed E-state index contributed by atoms with van der Waals surface area (Å²) in [6.07, 6.45) is 1.000.